The van der Waals surface area contributed by atoms with Crippen molar-refractivity contribution in [2.24, 2.45) is 5.92 Å². The number of hydrogen-bond donors (Lipinski definition) is 2. The predicted molar refractivity (Wildman–Crippen MR) is 65.4 cm³/mol. The summed E-state index contributed by atoms with van der Waals surface area (Å²) in [6.45, 7) is 1.20. The monoisotopic (exact) mass is 261 g/mol. The van der Waals surface area contributed by atoms with Crippen LogP contribution in [-0.4, -0.2) is 24.2 Å². The number of carboxylic acids is 1. The van der Waals surface area contributed by atoms with Crippen LogP contribution in [0.2, 0.25) is 5.02 Å². The van der Waals surface area contributed by atoms with Crippen LogP contribution in [0, 0.1) is 5.92 Å². The van der Waals surface area contributed by atoms with E-state index in [9.17, 15) is 4.79 Å². The van der Waals surface area contributed by atoms with Crippen LogP contribution in [0.15, 0.2) is 24.3 Å². The van der Waals surface area contributed by atoms with Crippen LogP contribution in [0.1, 0.15) is 11.5 Å². The number of aliphatic carboxylic acids is 1. The van der Waals surface area contributed by atoms with Gasteiger partial charge in [-0.1, -0.05) is 29.8 Å². The Balaban J connectivity index is 0.00000128. The van der Waals surface area contributed by atoms with E-state index in [2.05, 4.69) is 5.32 Å². The van der Waals surface area contributed by atoms with E-state index < -0.39 is 5.97 Å². The van der Waals surface area contributed by atoms with Crippen LogP contribution in [-0.2, 0) is 4.79 Å². The van der Waals surface area contributed by atoms with Gasteiger partial charge < -0.3 is 10.4 Å². The fraction of sp³-hybridized carbons (Fsp3) is 0.364. The highest BCUT2D eigenvalue weighted by Gasteiger charge is 2.34. The summed E-state index contributed by atoms with van der Waals surface area (Å²) in [6.07, 6.45) is 0. The zero-order valence-corrected chi connectivity index (χ0v) is 10.1. The Morgan fingerprint density at radius 1 is 1.38 bits per heavy atom. The van der Waals surface area contributed by atoms with Gasteiger partial charge in [-0.25, -0.2) is 0 Å². The van der Waals surface area contributed by atoms with E-state index in [0.29, 0.717) is 18.1 Å². The Hall–Kier alpha value is -0.770. The lowest BCUT2D eigenvalue weighted by Crippen LogP contribution is -2.21. The quantitative estimate of drug-likeness (QED) is 0.858. The summed E-state index contributed by atoms with van der Waals surface area (Å²) in [6, 6.07) is 7.44. The average molecular weight is 262 g/mol. The van der Waals surface area contributed by atoms with Gasteiger partial charge in [0.15, 0.2) is 0 Å². The molecule has 1 aromatic carbocycles. The number of carboxylic acid groups (broad SMARTS) is 1. The molecule has 88 valence electrons. The van der Waals surface area contributed by atoms with Crippen LogP contribution in [0.5, 0.6) is 0 Å². The molecule has 0 radical (unpaired) electrons. The number of halogens is 2. The van der Waals surface area contributed by atoms with Crippen LogP contribution in [0.25, 0.3) is 0 Å². The second-order valence-electron chi connectivity index (χ2n) is 3.73. The molecule has 0 amide bonds. The third-order valence-electron chi connectivity index (χ3n) is 2.84. The molecular formula is C11H13Cl2NO2. The lowest BCUT2D eigenvalue weighted by molar-refractivity contribution is -0.141. The normalized spacial score (nSPS) is 23.8. The molecule has 1 fully saturated rings. The average Bonchev–Trinajstić information content (AvgIpc) is 2.67. The van der Waals surface area contributed by atoms with Crippen LogP contribution < -0.4 is 5.32 Å². The molecule has 2 rings (SSSR count). The van der Waals surface area contributed by atoms with Crippen molar-refractivity contribution in [2.75, 3.05) is 13.1 Å². The zero-order valence-electron chi connectivity index (χ0n) is 8.52. The largest absolute Gasteiger partial charge is 0.481 e. The van der Waals surface area contributed by atoms with Gasteiger partial charge in [0.05, 0.1) is 5.92 Å². The fourth-order valence-corrected chi connectivity index (χ4v) is 2.32. The van der Waals surface area contributed by atoms with Gasteiger partial charge in [-0.05, 0) is 11.6 Å². The minimum absolute atomic E-state index is 0. The Morgan fingerprint density at radius 2 is 2.06 bits per heavy atom. The van der Waals surface area contributed by atoms with E-state index in [0.717, 1.165) is 5.56 Å². The van der Waals surface area contributed by atoms with E-state index in [1.807, 2.05) is 18.2 Å². The molecule has 0 aliphatic carbocycles. The topological polar surface area (TPSA) is 49.3 Å². The Labute approximate surface area is 105 Å². The molecule has 1 aromatic rings. The smallest absolute Gasteiger partial charge is 0.308 e. The summed E-state index contributed by atoms with van der Waals surface area (Å²) in [7, 11) is 0. The Kier molecular flexibility index (Phi) is 4.59. The molecule has 5 heteroatoms. The summed E-state index contributed by atoms with van der Waals surface area (Å²) < 4.78 is 0. The first-order chi connectivity index (χ1) is 7.20. The highest BCUT2D eigenvalue weighted by atomic mass is 35.5. The van der Waals surface area contributed by atoms with Crippen LogP contribution in [0.3, 0.4) is 0 Å². The number of nitrogens with one attached hydrogen (secondary N) is 1. The molecule has 2 N–H and O–H groups in total. The van der Waals surface area contributed by atoms with Crippen molar-refractivity contribution in [3.8, 4) is 0 Å². The molecule has 0 saturated carbocycles. The number of carbonyl (C=O) groups is 1. The lowest BCUT2D eigenvalue weighted by atomic mass is 9.89. The van der Waals surface area contributed by atoms with Gasteiger partial charge in [0.2, 0.25) is 0 Å². The van der Waals surface area contributed by atoms with E-state index in [-0.39, 0.29) is 24.2 Å². The molecule has 0 unspecified atom stereocenters. The van der Waals surface area contributed by atoms with Crippen molar-refractivity contribution in [2.45, 2.75) is 5.92 Å². The standard InChI is InChI=1S/C11H12ClNO2.ClH/c12-10-4-2-1-3-7(10)8-5-13-6-9(8)11(14)15;/h1-4,8-9,13H,5-6H2,(H,14,15);1H/t8-,9+;/m0./s1. The lowest BCUT2D eigenvalue weighted by Gasteiger charge is -2.16. The maximum absolute atomic E-state index is 11.0. The molecule has 0 spiro atoms. The van der Waals surface area contributed by atoms with Gasteiger partial charge in [0.25, 0.3) is 0 Å². The van der Waals surface area contributed by atoms with Gasteiger partial charge >= 0.3 is 5.97 Å². The van der Waals surface area contributed by atoms with Gasteiger partial charge in [-0.15, -0.1) is 12.4 Å². The van der Waals surface area contributed by atoms with Gasteiger partial charge in [-0.3, -0.25) is 4.79 Å². The fourth-order valence-electron chi connectivity index (χ4n) is 2.04. The summed E-state index contributed by atoms with van der Waals surface area (Å²) in [5, 5.41) is 12.8. The first-order valence-corrected chi connectivity index (χ1v) is 5.26. The predicted octanol–water partition coefficient (Wildman–Crippen LogP) is 2.15. The molecule has 2 atom stereocenters. The molecule has 1 aliphatic rings. The minimum atomic E-state index is -0.759. The minimum Gasteiger partial charge on any atom is -0.481 e. The van der Waals surface area contributed by atoms with Gasteiger partial charge in [-0.2, -0.15) is 0 Å². The second-order valence-corrected chi connectivity index (χ2v) is 4.14. The van der Waals surface area contributed by atoms with E-state index in [1.54, 1.807) is 6.07 Å². The third kappa shape index (κ3) is 2.48. The number of rotatable bonds is 2. The van der Waals surface area contributed by atoms with Crippen molar-refractivity contribution in [1.29, 1.82) is 0 Å². The first kappa shape index (κ1) is 13.3. The summed E-state index contributed by atoms with van der Waals surface area (Å²) in [4.78, 5) is 11.0. The molecule has 1 saturated heterocycles. The maximum atomic E-state index is 11.0. The van der Waals surface area contributed by atoms with Gasteiger partial charge in [0.1, 0.15) is 0 Å². The molecule has 3 nitrogen and oxygen atoms in total. The molecule has 1 aliphatic heterocycles. The number of hydrogen-bond acceptors (Lipinski definition) is 2. The molecule has 0 aromatic heterocycles. The van der Waals surface area contributed by atoms with Crippen LogP contribution >= 0.6 is 24.0 Å². The highest BCUT2D eigenvalue weighted by molar-refractivity contribution is 6.31. The van der Waals surface area contributed by atoms with Crippen molar-refractivity contribution in [3.63, 3.8) is 0 Å². The summed E-state index contributed by atoms with van der Waals surface area (Å²) >= 11 is 6.05. The number of benzene rings is 1. The highest BCUT2D eigenvalue weighted by Crippen LogP contribution is 2.32. The van der Waals surface area contributed by atoms with E-state index >= 15 is 0 Å². The second kappa shape index (κ2) is 5.53. The molecule has 0 bridgehead atoms. The van der Waals surface area contributed by atoms with Crippen molar-refractivity contribution < 1.29 is 9.90 Å². The summed E-state index contributed by atoms with van der Waals surface area (Å²) in [5.74, 6) is -1.15. The van der Waals surface area contributed by atoms with Crippen molar-refractivity contribution in [1.82, 2.24) is 5.32 Å². The maximum Gasteiger partial charge on any atom is 0.308 e. The van der Waals surface area contributed by atoms with Crippen LogP contribution in [0.4, 0.5) is 0 Å². The zero-order chi connectivity index (χ0) is 10.8. The molecule has 1 heterocycles. The Bertz CT molecular complexity index is 384. The SMILES string of the molecule is Cl.O=C(O)[C@@H]1CNC[C@H]1c1ccccc1Cl. The molecule has 16 heavy (non-hydrogen) atoms. The van der Waals surface area contributed by atoms with E-state index in [1.165, 1.54) is 0 Å². The van der Waals surface area contributed by atoms with E-state index in [4.69, 9.17) is 16.7 Å². The Morgan fingerprint density at radius 3 is 2.69 bits per heavy atom. The first-order valence-electron chi connectivity index (χ1n) is 4.88. The van der Waals surface area contributed by atoms with Crippen molar-refractivity contribution >= 4 is 30.0 Å². The third-order valence-corrected chi connectivity index (χ3v) is 3.18. The molecular weight excluding hydrogens is 249 g/mol. The summed E-state index contributed by atoms with van der Waals surface area (Å²) in [5.41, 5.74) is 0.927. The van der Waals surface area contributed by atoms with Crippen molar-refractivity contribution in [3.05, 3.63) is 34.9 Å². The van der Waals surface area contributed by atoms with Gasteiger partial charge in [0, 0.05) is 24.0 Å².